The van der Waals surface area contributed by atoms with Crippen LogP contribution in [-0.4, -0.2) is 9.97 Å². The predicted molar refractivity (Wildman–Crippen MR) is 78.2 cm³/mol. The summed E-state index contributed by atoms with van der Waals surface area (Å²) in [5, 5.41) is 9.40. The number of H-pyrrole nitrogens is 2. The van der Waals surface area contributed by atoms with Crippen LogP contribution in [-0.2, 0) is 0 Å². The van der Waals surface area contributed by atoms with Crippen LogP contribution < -0.4 is 21.7 Å². The van der Waals surface area contributed by atoms with E-state index < -0.39 is 17.2 Å². The number of nitrogens with zero attached hydrogens (tertiary/aromatic N) is 1. The van der Waals surface area contributed by atoms with Crippen LogP contribution in [0, 0.1) is 18.3 Å². The molecule has 7 nitrogen and oxygen atoms in total. The molecule has 1 atom stereocenters. The topological polar surface area (TPSA) is 125 Å². The molecular weight excluding hydrogens is 284 g/mol. The summed E-state index contributed by atoms with van der Waals surface area (Å²) < 4.78 is 5.25. The first-order chi connectivity index (χ1) is 10.5. The van der Waals surface area contributed by atoms with Crippen LogP contribution >= 0.6 is 0 Å². The van der Waals surface area contributed by atoms with Crippen molar-refractivity contribution in [1.29, 1.82) is 5.26 Å². The molecule has 110 valence electrons. The van der Waals surface area contributed by atoms with Crippen molar-refractivity contribution in [3.8, 4) is 11.9 Å². The molecule has 0 spiro atoms. The summed E-state index contributed by atoms with van der Waals surface area (Å²) >= 11 is 0. The number of aromatic nitrogens is 2. The Labute approximate surface area is 124 Å². The number of nitrogens with two attached hydrogens (primary N) is 1. The number of aromatic amines is 2. The largest absolute Gasteiger partial charge is 0.424 e. The molecule has 1 aliphatic heterocycles. The van der Waals surface area contributed by atoms with Gasteiger partial charge in [-0.2, -0.15) is 5.26 Å². The zero-order chi connectivity index (χ0) is 15.9. The van der Waals surface area contributed by atoms with E-state index >= 15 is 0 Å². The van der Waals surface area contributed by atoms with Gasteiger partial charge in [0, 0.05) is 0 Å². The van der Waals surface area contributed by atoms with E-state index in [9.17, 15) is 14.9 Å². The molecule has 0 aliphatic carbocycles. The van der Waals surface area contributed by atoms with Crippen LogP contribution in [0.4, 0.5) is 0 Å². The van der Waals surface area contributed by atoms with Crippen LogP contribution in [0.2, 0.25) is 0 Å². The Morgan fingerprint density at radius 2 is 2.00 bits per heavy atom. The van der Waals surface area contributed by atoms with E-state index in [1.807, 2.05) is 37.3 Å². The Bertz CT molecular complexity index is 946. The number of allylic oxidation sites excluding steroid dienone is 1. The minimum Gasteiger partial charge on any atom is -0.424 e. The van der Waals surface area contributed by atoms with Crippen molar-refractivity contribution < 1.29 is 4.74 Å². The minimum atomic E-state index is -0.694. The molecule has 1 unspecified atom stereocenters. The van der Waals surface area contributed by atoms with Crippen molar-refractivity contribution in [3.63, 3.8) is 0 Å². The first-order valence-electron chi connectivity index (χ1n) is 6.52. The lowest BCUT2D eigenvalue weighted by molar-refractivity contribution is 0.373. The summed E-state index contributed by atoms with van der Waals surface area (Å²) in [5.74, 6) is -0.835. The molecule has 0 saturated carbocycles. The summed E-state index contributed by atoms with van der Waals surface area (Å²) in [5.41, 5.74) is 6.44. The fourth-order valence-electron chi connectivity index (χ4n) is 2.61. The first-order valence-corrected chi connectivity index (χ1v) is 6.52. The van der Waals surface area contributed by atoms with E-state index in [0.717, 1.165) is 11.1 Å². The molecule has 1 aliphatic rings. The van der Waals surface area contributed by atoms with Gasteiger partial charge in [-0.15, -0.1) is 0 Å². The van der Waals surface area contributed by atoms with Gasteiger partial charge >= 0.3 is 5.69 Å². The lowest BCUT2D eigenvalue weighted by atomic mass is 9.83. The van der Waals surface area contributed by atoms with Crippen LogP contribution in [0.1, 0.15) is 22.6 Å². The van der Waals surface area contributed by atoms with E-state index in [-0.39, 0.29) is 22.9 Å². The highest BCUT2D eigenvalue weighted by atomic mass is 16.5. The third kappa shape index (κ3) is 1.98. The van der Waals surface area contributed by atoms with Crippen molar-refractivity contribution in [2.24, 2.45) is 5.73 Å². The molecule has 1 aromatic carbocycles. The normalized spacial score (nSPS) is 16.6. The van der Waals surface area contributed by atoms with Crippen molar-refractivity contribution in [1.82, 2.24) is 9.97 Å². The number of hydrogen-bond donors (Lipinski definition) is 3. The maximum atomic E-state index is 12.2. The molecule has 0 fully saturated rings. The highest BCUT2D eigenvalue weighted by Gasteiger charge is 2.34. The van der Waals surface area contributed by atoms with E-state index in [1.165, 1.54) is 0 Å². The molecule has 2 aromatic rings. The Hall–Kier alpha value is -3.27. The van der Waals surface area contributed by atoms with Crippen LogP contribution in [0.15, 0.2) is 45.3 Å². The summed E-state index contributed by atoms with van der Waals surface area (Å²) in [4.78, 5) is 28.2. The molecule has 7 heteroatoms. The Balaban J connectivity index is 2.38. The number of aryl methyl sites for hydroxylation is 1. The highest BCUT2D eigenvalue weighted by molar-refractivity contribution is 5.54. The average Bonchev–Trinajstić information content (AvgIpc) is 2.46. The van der Waals surface area contributed by atoms with Crippen molar-refractivity contribution in [2.75, 3.05) is 0 Å². The van der Waals surface area contributed by atoms with Gasteiger partial charge in [-0.3, -0.25) is 14.8 Å². The molecule has 22 heavy (non-hydrogen) atoms. The summed E-state index contributed by atoms with van der Waals surface area (Å²) in [6.07, 6.45) is 0. The molecule has 0 amide bonds. The number of benzene rings is 1. The van der Waals surface area contributed by atoms with Gasteiger partial charge in [-0.25, -0.2) is 4.79 Å². The number of ether oxygens (including phenoxy) is 1. The predicted octanol–water partition coefficient (Wildman–Crippen LogP) is 0.590. The maximum Gasteiger partial charge on any atom is 0.328 e. The highest BCUT2D eigenvalue weighted by Crippen LogP contribution is 2.39. The van der Waals surface area contributed by atoms with Crippen molar-refractivity contribution in [3.05, 3.63) is 73.3 Å². The maximum absolute atomic E-state index is 12.2. The second-order valence-corrected chi connectivity index (χ2v) is 4.93. The van der Waals surface area contributed by atoms with Gasteiger partial charge in [0.1, 0.15) is 11.6 Å². The third-order valence-corrected chi connectivity index (χ3v) is 3.62. The monoisotopic (exact) mass is 296 g/mol. The van der Waals surface area contributed by atoms with E-state index in [4.69, 9.17) is 10.5 Å². The number of fused-ring (bicyclic) bond motifs is 1. The van der Waals surface area contributed by atoms with E-state index in [0.29, 0.717) is 0 Å². The molecule has 3 rings (SSSR count). The number of nitriles is 1. The second kappa shape index (κ2) is 4.93. The summed E-state index contributed by atoms with van der Waals surface area (Å²) in [6, 6.07) is 9.34. The van der Waals surface area contributed by atoms with Crippen molar-refractivity contribution >= 4 is 0 Å². The third-order valence-electron chi connectivity index (χ3n) is 3.62. The smallest absolute Gasteiger partial charge is 0.328 e. The van der Waals surface area contributed by atoms with E-state index in [2.05, 4.69) is 9.97 Å². The number of nitrogens with one attached hydrogen (secondary N) is 2. The van der Waals surface area contributed by atoms with Crippen molar-refractivity contribution in [2.45, 2.75) is 12.8 Å². The molecule has 0 radical (unpaired) electrons. The van der Waals surface area contributed by atoms with Gasteiger partial charge in [0.15, 0.2) is 0 Å². The number of hydrogen-bond acceptors (Lipinski definition) is 5. The Morgan fingerprint density at radius 1 is 1.27 bits per heavy atom. The average molecular weight is 296 g/mol. The lowest BCUT2D eigenvalue weighted by Gasteiger charge is -2.25. The fourth-order valence-corrected chi connectivity index (χ4v) is 2.61. The second-order valence-electron chi connectivity index (χ2n) is 4.93. The van der Waals surface area contributed by atoms with Gasteiger partial charge in [0.2, 0.25) is 11.8 Å². The van der Waals surface area contributed by atoms with Crippen LogP contribution in [0.5, 0.6) is 5.88 Å². The zero-order valence-electron chi connectivity index (χ0n) is 11.6. The van der Waals surface area contributed by atoms with Gasteiger partial charge in [0.25, 0.3) is 5.56 Å². The first kappa shape index (κ1) is 13.7. The standard InChI is InChI=1S/C15H12N4O3/c1-7-4-2-3-5-8(7)10-9(6-16)12(17)22-14-11(10)13(20)18-15(21)19-14/h2-5,10H,17H2,1H3,(H2,18,19,20,21). The molecule has 2 heterocycles. The Morgan fingerprint density at radius 3 is 2.68 bits per heavy atom. The molecular formula is C15H12N4O3. The molecule has 0 saturated heterocycles. The lowest BCUT2D eigenvalue weighted by Crippen LogP contribution is -2.33. The molecule has 0 bridgehead atoms. The summed E-state index contributed by atoms with van der Waals surface area (Å²) in [6.45, 7) is 1.87. The van der Waals surface area contributed by atoms with Gasteiger partial charge in [-0.05, 0) is 18.1 Å². The minimum absolute atomic E-state index is 0.0292. The van der Waals surface area contributed by atoms with Gasteiger partial charge < -0.3 is 10.5 Å². The van der Waals surface area contributed by atoms with Gasteiger partial charge in [0.05, 0.1) is 11.5 Å². The van der Waals surface area contributed by atoms with E-state index in [1.54, 1.807) is 0 Å². The number of rotatable bonds is 1. The van der Waals surface area contributed by atoms with Gasteiger partial charge in [-0.1, -0.05) is 24.3 Å². The SMILES string of the molecule is Cc1ccccc1C1C(C#N)=C(N)Oc2[nH]c(=O)[nH]c(=O)c21. The van der Waals surface area contributed by atoms with Crippen LogP contribution in [0.3, 0.4) is 0 Å². The zero-order valence-corrected chi connectivity index (χ0v) is 11.6. The molecule has 4 N–H and O–H groups in total. The Kier molecular flexibility index (Phi) is 3.07. The summed E-state index contributed by atoms with van der Waals surface area (Å²) in [7, 11) is 0. The van der Waals surface area contributed by atoms with Crippen LogP contribution in [0.25, 0.3) is 0 Å². The quantitative estimate of drug-likeness (QED) is 0.710. The fraction of sp³-hybridized carbons (Fsp3) is 0.133. The molecule has 1 aromatic heterocycles.